The van der Waals surface area contributed by atoms with Gasteiger partial charge in [-0.25, -0.2) is 0 Å². The summed E-state index contributed by atoms with van der Waals surface area (Å²) in [6.07, 6.45) is 2.86. The molecule has 1 aromatic carbocycles. The maximum atomic E-state index is 10.0. The van der Waals surface area contributed by atoms with Gasteiger partial charge in [-0.05, 0) is 37.1 Å². The molecule has 146 valence electrons. The van der Waals surface area contributed by atoms with E-state index in [0.29, 0.717) is 5.75 Å². The van der Waals surface area contributed by atoms with Gasteiger partial charge in [-0.3, -0.25) is 9.98 Å². The van der Waals surface area contributed by atoms with E-state index >= 15 is 0 Å². The summed E-state index contributed by atoms with van der Waals surface area (Å²) >= 11 is 0. The van der Waals surface area contributed by atoms with E-state index in [2.05, 4.69) is 31.2 Å². The number of hydrogen-bond donors (Lipinski definition) is 2. The molecule has 0 amide bonds. The van der Waals surface area contributed by atoms with Crippen LogP contribution in [0.25, 0.3) is 0 Å². The quantitative estimate of drug-likeness (QED) is 0.400. The molecular weight excluding hydrogens is 453 g/mol. The van der Waals surface area contributed by atoms with E-state index in [4.69, 9.17) is 0 Å². The average molecular weight is 481 g/mol. The van der Waals surface area contributed by atoms with Crippen molar-refractivity contribution in [2.75, 3.05) is 44.7 Å². The highest BCUT2D eigenvalue weighted by atomic mass is 127. The van der Waals surface area contributed by atoms with Crippen LogP contribution in [-0.4, -0.2) is 60.7 Å². The lowest BCUT2D eigenvalue weighted by molar-refractivity contribution is 0.370. The molecule has 0 saturated carbocycles. The number of piperazine rings is 1. The summed E-state index contributed by atoms with van der Waals surface area (Å²) in [5, 5.41) is 13.5. The number of aromatic nitrogens is 1. The molecule has 0 bridgehead atoms. The SMILES string of the molecule is CN=C(NCCc1ccc(C)nc1)N1CCN(c2ccccc2O)CC1.I. The molecule has 27 heavy (non-hydrogen) atoms. The number of rotatable bonds is 4. The molecule has 2 heterocycles. The molecular formula is C20H28IN5O. The number of halogens is 1. The maximum absolute atomic E-state index is 10.0. The number of anilines is 1. The van der Waals surface area contributed by atoms with E-state index in [1.807, 2.05) is 44.4 Å². The topological polar surface area (TPSA) is 64.0 Å². The van der Waals surface area contributed by atoms with Crippen molar-refractivity contribution in [3.63, 3.8) is 0 Å². The van der Waals surface area contributed by atoms with Gasteiger partial charge >= 0.3 is 0 Å². The zero-order chi connectivity index (χ0) is 18.4. The number of aliphatic imine (C=N–C) groups is 1. The van der Waals surface area contributed by atoms with Crippen LogP contribution in [0.5, 0.6) is 5.75 Å². The molecule has 0 atom stereocenters. The Hall–Kier alpha value is -2.03. The van der Waals surface area contributed by atoms with Crippen molar-refractivity contribution in [2.45, 2.75) is 13.3 Å². The third-order valence-corrected chi connectivity index (χ3v) is 4.68. The average Bonchev–Trinajstić information content (AvgIpc) is 2.67. The number of para-hydroxylation sites is 2. The van der Waals surface area contributed by atoms with Crippen molar-refractivity contribution >= 4 is 35.6 Å². The highest BCUT2D eigenvalue weighted by Gasteiger charge is 2.21. The second-order valence-corrected chi connectivity index (χ2v) is 6.49. The summed E-state index contributed by atoms with van der Waals surface area (Å²) in [6, 6.07) is 11.7. The molecule has 3 rings (SSSR count). The zero-order valence-corrected chi connectivity index (χ0v) is 18.3. The molecule has 0 unspecified atom stereocenters. The van der Waals surface area contributed by atoms with Crippen LogP contribution >= 0.6 is 24.0 Å². The highest BCUT2D eigenvalue weighted by Crippen LogP contribution is 2.27. The molecule has 1 aromatic heterocycles. The van der Waals surface area contributed by atoms with Crippen LogP contribution in [0.1, 0.15) is 11.3 Å². The first-order valence-corrected chi connectivity index (χ1v) is 9.07. The Bertz CT molecular complexity index is 742. The number of hydrogen-bond acceptors (Lipinski definition) is 4. The van der Waals surface area contributed by atoms with E-state index in [-0.39, 0.29) is 24.0 Å². The van der Waals surface area contributed by atoms with Crippen molar-refractivity contribution in [3.05, 3.63) is 53.9 Å². The fourth-order valence-electron chi connectivity index (χ4n) is 3.19. The number of nitrogens with one attached hydrogen (secondary N) is 1. The van der Waals surface area contributed by atoms with Crippen LogP contribution in [0, 0.1) is 6.92 Å². The summed E-state index contributed by atoms with van der Waals surface area (Å²) in [4.78, 5) is 13.2. The fraction of sp³-hybridized carbons (Fsp3) is 0.400. The highest BCUT2D eigenvalue weighted by molar-refractivity contribution is 14.0. The molecule has 2 aromatic rings. The van der Waals surface area contributed by atoms with Crippen LogP contribution < -0.4 is 10.2 Å². The van der Waals surface area contributed by atoms with E-state index < -0.39 is 0 Å². The Labute approximate surface area is 178 Å². The van der Waals surface area contributed by atoms with E-state index in [1.54, 1.807) is 6.07 Å². The van der Waals surface area contributed by atoms with Gasteiger partial charge < -0.3 is 20.2 Å². The monoisotopic (exact) mass is 481 g/mol. The molecule has 0 radical (unpaired) electrons. The molecule has 7 heteroatoms. The van der Waals surface area contributed by atoms with Gasteiger partial charge in [-0.15, -0.1) is 24.0 Å². The summed E-state index contributed by atoms with van der Waals surface area (Å²) < 4.78 is 0. The van der Waals surface area contributed by atoms with Crippen molar-refractivity contribution in [3.8, 4) is 5.75 Å². The number of nitrogens with zero attached hydrogens (tertiary/aromatic N) is 4. The molecule has 1 fully saturated rings. The first-order chi connectivity index (χ1) is 12.7. The number of guanidine groups is 1. The fourth-order valence-corrected chi connectivity index (χ4v) is 3.19. The number of aryl methyl sites for hydroxylation is 1. The Morgan fingerprint density at radius 1 is 1.15 bits per heavy atom. The zero-order valence-electron chi connectivity index (χ0n) is 15.9. The summed E-state index contributed by atoms with van der Waals surface area (Å²) in [5.74, 6) is 1.28. The minimum absolute atomic E-state index is 0. The van der Waals surface area contributed by atoms with Crippen LogP contribution in [-0.2, 0) is 6.42 Å². The lowest BCUT2D eigenvalue weighted by atomic mass is 10.2. The summed E-state index contributed by atoms with van der Waals surface area (Å²) in [5.41, 5.74) is 3.17. The van der Waals surface area contributed by atoms with E-state index in [1.165, 1.54) is 5.56 Å². The van der Waals surface area contributed by atoms with Gasteiger partial charge in [0, 0.05) is 51.7 Å². The van der Waals surface area contributed by atoms with Gasteiger partial charge in [0.2, 0.25) is 0 Å². The molecule has 0 spiro atoms. The Kier molecular flexibility index (Phi) is 8.15. The number of phenolic OH excluding ortho intramolecular Hbond substituents is 1. The first kappa shape index (κ1) is 21.3. The number of phenols is 1. The normalized spacial score (nSPS) is 14.7. The molecule has 1 aliphatic rings. The van der Waals surface area contributed by atoms with Gasteiger partial charge in [0.1, 0.15) is 5.75 Å². The molecule has 2 N–H and O–H groups in total. The number of aromatic hydroxyl groups is 1. The van der Waals surface area contributed by atoms with Crippen LogP contribution in [0.3, 0.4) is 0 Å². The second kappa shape index (κ2) is 10.3. The smallest absolute Gasteiger partial charge is 0.193 e. The van der Waals surface area contributed by atoms with Crippen LogP contribution in [0.4, 0.5) is 5.69 Å². The minimum Gasteiger partial charge on any atom is -0.506 e. The van der Waals surface area contributed by atoms with Gasteiger partial charge in [-0.2, -0.15) is 0 Å². The third-order valence-electron chi connectivity index (χ3n) is 4.68. The first-order valence-electron chi connectivity index (χ1n) is 9.07. The summed E-state index contributed by atoms with van der Waals surface area (Å²) in [7, 11) is 1.82. The number of pyridine rings is 1. The Balaban J connectivity index is 0.00000261. The Morgan fingerprint density at radius 3 is 2.52 bits per heavy atom. The lowest BCUT2D eigenvalue weighted by Crippen LogP contribution is -2.52. The summed E-state index contributed by atoms with van der Waals surface area (Å²) in [6.45, 7) is 6.30. The van der Waals surface area contributed by atoms with Gasteiger partial charge in [0.05, 0.1) is 5.69 Å². The molecule has 1 aliphatic heterocycles. The van der Waals surface area contributed by atoms with Crippen molar-refractivity contribution < 1.29 is 5.11 Å². The molecule has 6 nitrogen and oxygen atoms in total. The maximum Gasteiger partial charge on any atom is 0.193 e. The molecule has 0 aliphatic carbocycles. The predicted octanol–water partition coefficient (Wildman–Crippen LogP) is 2.65. The van der Waals surface area contributed by atoms with Crippen molar-refractivity contribution in [2.24, 2.45) is 4.99 Å². The second-order valence-electron chi connectivity index (χ2n) is 6.49. The lowest BCUT2D eigenvalue weighted by Gasteiger charge is -2.37. The standard InChI is InChI=1S/C20H27N5O.HI/c1-16-7-8-17(15-23-16)9-10-22-20(21-2)25-13-11-24(12-14-25)18-5-3-4-6-19(18)26;/h3-8,15,26H,9-14H2,1-2H3,(H,21,22);1H. The van der Waals surface area contributed by atoms with Crippen molar-refractivity contribution in [1.29, 1.82) is 0 Å². The molecule has 1 saturated heterocycles. The number of benzene rings is 1. The largest absolute Gasteiger partial charge is 0.506 e. The van der Waals surface area contributed by atoms with E-state index in [9.17, 15) is 5.11 Å². The van der Waals surface area contributed by atoms with Gasteiger partial charge in [0.15, 0.2) is 5.96 Å². The minimum atomic E-state index is 0. The van der Waals surface area contributed by atoms with Crippen LogP contribution in [0.2, 0.25) is 0 Å². The van der Waals surface area contributed by atoms with E-state index in [0.717, 1.165) is 56.5 Å². The van der Waals surface area contributed by atoms with Crippen LogP contribution in [0.15, 0.2) is 47.6 Å². The van der Waals surface area contributed by atoms with Gasteiger partial charge in [0.25, 0.3) is 0 Å². The van der Waals surface area contributed by atoms with Gasteiger partial charge in [-0.1, -0.05) is 18.2 Å². The van der Waals surface area contributed by atoms with Crippen molar-refractivity contribution in [1.82, 2.24) is 15.2 Å². The Morgan fingerprint density at radius 2 is 1.89 bits per heavy atom. The third kappa shape index (κ3) is 5.72. The predicted molar refractivity (Wildman–Crippen MR) is 121 cm³/mol.